The summed E-state index contributed by atoms with van der Waals surface area (Å²) in [5.41, 5.74) is 7.57. The Morgan fingerprint density at radius 1 is 1.07 bits per heavy atom. The summed E-state index contributed by atoms with van der Waals surface area (Å²) in [7, 11) is 0. The van der Waals surface area contributed by atoms with Gasteiger partial charge >= 0.3 is 0 Å². The molecule has 0 atom stereocenters. The van der Waals surface area contributed by atoms with Gasteiger partial charge in [0.1, 0.15) is 5.82 Å². The second kappa shape index (κ2) is 6.31. The first-order valence-electron chi connectivity index (χ1n) is 4.85. The van der Waals surface area contributed by atoms with Crippen molar-refractivity contribution in [2.45, 2.75) is 19.4 Å². The largest absolute Gasteiger partial charge is 0.326 e. The van der Waals surface area contributed by atoms with E-state index in [0.717, 1.165) is 5.56 Å². The van der Waals surface area contributed by atoms with Crippen LogP contribution in [0.4, 0.5) is 4.39 Å². The van der Waals surface area contributed by atoms with Gasteiger partial charge in [-0.2, -0.15) is 0 Å². The molecule has 0 spiro atoms. The van der Waals surface area contributed by atoms with Gasteiger partial charge in [-0.05, 0) is 24.0 Å². The lowest BCUT2D eigenvalue weighted by molar-refractivity contribution is 0.592. The summed E-state index contributed by atoms with van der Waals surface area (Å²) in [6.45, 7) is 0.211. The number of rotatable bonds is 5. The highest BCUT2D eigenvalue weighted by atomic mass is 35.5. The predicted molar refractivity (Wildman–Crippen MR) is 63.1 cm³/mol. The number of benzene rings is 1. The van der Waals surface area contributed by atoms with Crippen molar-refractivity contribution in [1.82, 2.24) is 0 Å². The molecule has 0 amide bonds. The van der Waals surface area contributed by atoms with Crippen molar-refractivity contribution in [1.29, 1.82) is 0 Å². The number of hydrogen-bond acceptors (Lipinski definition) is 1. The van der Waals surface area contributed by atoms with E-state index in [9.17, 15) is 4.39 Å². The van der Waals surface area contributed by atoms with Crippen LogP contribution in [0.5, 0.6) is 0 Å². The van der Waals surface area contributed by atoms with Crippen LogP contribution in [0.25, 0.3) is 0 Å². The topological polar surface area (TPSA) is 26.0 Å². The lowest BCUT2D eigenvalue weighted by Gasteiger charge is -2.11. The minimum Gasteiger partial charge on any atom is -0.326 e. The van der Waals surface area contributed by atoms with E-state index in [1.54, 1.807) is 6.07 Å². The third-order valence-corrected chi connectivity index (χ3v) is 2.73. The van der Waals surface area contributed by atoms with Gasteiger partial charge in [-0.3, -0.25) is 0 Å². The highest BCUT2D eigenvalue weighted by molar-refractivity contribution is 6.18. The molecule has 1 nitrogen and oxygen atoms in total. The van der Waals surface area contributed by atoms with E-state index in [-0.39, 0.29) is 12.4 Å². The Morgan fingerprint density at radius 3 is 2.20 bits per heavy atom. The Kier molecular flexibility index (Phi) is 5.37. The third kappa shape index (κ3) is 3.07. The molecule has 1 rings (SSSR count). The van der Waals surface area contributed by atoms with Gasteiger partial charge in [-0.25, -0.2) is 4.39 Å². The van der Waals surface area contributed by atoms with Gasteiger partial charge in [-0.1, -0.05) is 12.1 Å². The van der Waals surface area contributed by atoms with Gasteiger partial charge in [0.15, 0.2) is 0 Å². The normalized spacial score (nSPS) is 10.7. The Hall–Kier alpha value is -0.310. The second-order valence-corrected chi connectivity index (χ2v) is 4.01. The molecular weight excluding hydrogens is 236 g/mol. The summed E-state index contributed by atoms with van der Waals surface area (Å²) in [4.78, 5) is 0. The van der Waals surface area contributed by atoms with Crippen LogP contribution < -0.4 is 5.73 Å². The minimum absolute atomic E-state index is 0.211. The van der Waals surface area contributed by atoms with Crippen LogP contribution in [0.15, 0.2) is 12.1 Å². The molecule has 0 radical (unpaired) electrons. The fourth-order valence-electron chi connectivity index (χ4n) is 1.57. The lowest BCUT2D eigenvalue weighted by Crippen LogP contribution is -2.07. The molecule has 84 valence electrons. The van der Waals surface area contributed by atoms with Crippen molar-refractivity contribution in [2.24, 2.45) is 5.73 Å². The molecule has 1 aromatic carbocycles. The van der Waals surface area contributed by atoms with E-state index in [1.807, 2.05) is 6.07 Å². The maximum Gasteiger partial charge on any atom is 0.131 e. The lowest BCUT2D eigenvalue weighted by atomic mass is 9.99. The second-order valence-electron chi connectivity index (χ2n) is 3.26. The van der Waals surface area contributed by atoms with Crippen molar-refractivity contribution >= 4 is 23.2 Å². The molecule has 0 bridgehead atoms. The average Bonchev–Trinajstić information content (AvgIpc) is 2.24. The van der Waals surface area contributed by atoms with Crippen molar-refractivity contribution in [3.8, 4) is 0 Å². The Morgan fingerprint density at radius 2 is 1.67 bits per heavy atom. The SMILES string of the molecule is NCc1ccc(CCCl)c(CCCl)c1F. The molecule has 0 aliphatic rings. The van der Waals surface area contributed by atoms with Crippen molar-refractivity contribution in [3.63, 3.8) is 0 Å². The third-order valence-electron chi connectivity index (χ3n) is 2.35. The van der Waals surface area contributed by atoms with E-state index < -0.39 is 0 Å². The first-order valence-corrected chi connectivity index (χ1v) is 5.92. The molecule has 1 aromatic rings. The number of halogens is 3. The maximum absolute atomic E-state index is 13.9. The standard InChI is InChI=1S/C11H14Cl2FN/c12-5-3-8-1-2-9(7-15)11(14)10(8)4-6-13/h1-2H,3-7,15H2. The minimum atomic E-state index is -0.222. The molecule has 0 fully saturated rings. The van der Waals surface area contributed by atoms with Gasteiger partial charge in [-0.15, -0.1) is 23.2 Å². The van der Waals surface area contributed by atoms with Crippen molar-refractivity contribution in [2.75, 3.05) is 11.8 Å². The fourth-order valence-corrected chi connectivity index (χ4v) is 1.96. The predicted octanol–water partition coefficient (Wildman–Crippen LogP) is 2.85. The molecule has 0 unspecified atom stereocenters. The molecule has 0 saturated carbocycles. The first-order chi connectivity index (χ1) is 7.24. The quantitative estimate of drug-likeness (QED) is 0.799. The zero-order chi connectivity index (χ0) is 11.3. The van der Waals surface area contributed by atoms with E-state index in [2.05, 4.69) is 0 Å². The highest BCUT2D eigenvalue weighted by Crippen LogP contribution is 2.20. The zero-order valence-electron chi connectivity index (χ0n) is 8.40. The van der Waals surface area contributed by atoms with Gasteiger partial charge in [0.25, 0.3) is 0 Å². The van der Waals surface area contributed by atoms with Crippen LogP contribution in [-0.4, -0.2) is 11.8 Å². The van der Waals surface area contributed by atoms with E-state index in [4.69, 9.17) is 28.9 Å². The number of alkyl halides is 2. The summed E-state index contributed by atoms with van der Waals surface area (Å²) < 4.78 is 13.9. The Labute approximate surface area is 99.4 Å². The summed E-state index contributed by atoms with van der Waals surface area (Å²) >= 11 is 11.3. The van der Waals surface area contributed by atoms with Gasteiger partial charge in [0.2, 0.25) is 0 Å². The van der Waals surface area contributed by atoms with Gasteiger partial charge in [0, 0.05) is 23.9 Å². The molecule has 0 aliphatic carbocycles. The van der Waals surface area contributed by atoms with Gasteiger partial charge in [0.05, 0.1) is 0 Å². The fraction of sp³-hybridized carbons (Fsp3) is 0.455. The van der Waals surface area contributed by atoms with Crippen LogP contribution in [0, 0.1) is 5.82 Å². The summed E-state index contributed by atoms with van der Waals surface area (Å²) in [5, 5.41) is 0. The Bertz CT molecular complexity index is 329. The number of aryl methyl sites for hydroxylation is 1. The van der Waals surface area contributed by atoms with Crippen LogP contribution in [0.3, 0.4) is 0 Å². The highest BCUT2D eigenvalue weighted by Gasteiger charge is 2.11. The van der Waals surface area contributed by atoms with E-state index in [0.29, 0.717) is 35.7 Å². The average molecular weight is 250 g/mol. The van der Waals surface area contributed by atoms with Crippen LogP contribution >= 0.6 is 23.2 Å². The molecule has 0 saturated heterocycles. The molecule has 2 N–H and O–H groups in total. The van der Waals surface area contributed by atoms with Crippen LogP contribution in [0.1, 0.15) is 16.7 Å². The Balaban J connectivity index is 3.11. The molecule has 0 heterocycles. The molecule has 0 aliphatic heterocycles. The van der Waals surface area contributed by atoms with Gasteiger partial charge < -0.3 is 5.73 Å². The first kappa shape index (κ1) is 12.8. The van der Waals surface area contributed by atoms with Crippen molar-refractivity contribution in [3.05, 3.63) is 34.6 Å². The maximum atomic E-state index is 13.9. The monoisotopic (exact) mass is 249 g/mol. The van der Waals surface area contributed by atoms with E-state index >= 15 is 0 Å². The van der Waals surface area contributed by atoms with Crippen LogP contribution in [0.2, 0.25) is 0 Å². The van der Waals surface area contributed by atoms with Crippen LogP contribution in [-0.2, 0) is 19.4 Å². The molecule has 15 heavy (non-hydrogen) atoms. The zero-order valence-corrected chi connectivity index (χ0v) is 9.91. The molecule has 4 heteroatoms. The van der Waals surface area contributed by atoms with E-state index in [1.165, 1.54) is 0 Å². The summed E-state index contributed by atoms with van der Waals surface area (Å²) in [5.74, 6) is 0.664. The molecule has 0 aromatic heterocycles. The van der Waals surface area contributed by atoms with Crippen molar-refractivity contribution < 1.29 is 4.39 Å². The summed E-state index contributed by atoms with van der Waals surface area (Å²) in [6, 6.07) is 3.60. The smallest absolute Gasteiger partial charge is 0.131 e. The number of hydrogen-bond donors (Lipinski definition) is 1. The molecular formula is C11H14Cl2FN. The summed E-state index contributed by atoms with van der Waals surface area (Å²) in [6.07, 6.45) is 1.18. The number of nitrogens with two attached hydrogens (primary N) is 1.